The second-order valence-electron chi connectivity index (χ2n) is 8.71. The van der Waals surface area contributed by atoms with E-state index in [4.69, 9.17) is 14.2 Å². The minimum Gasteiger partial charge on any atom is -0.496 e. The van der Waals surface area contributed by atoms with Crippen LogP contribution in [0, 0.1) is 6.92 Å². The van der Waals surface area contributed by atoms with E-state index in [1.807, 2.05) is 41.5 Å². The SMILES string of the molecule is CCCN(CC(=O)N(CCc1ccc(OC)c(OC)c1)Cc1sccc1C)C(=O)c1ccccc1OC. The lowest BCUT2D eigenvalue weighted by molar-refractivity contribution is -0.132. The smallest absolute Gasteiger partial charge is 0.258 e. The first-order valence-electron chi connectivity index (χ1n) is 12.4. The van der Waals surface area contributed by atoms with E-state index in [0.29, 0.717) is 48.9 Å². The van der Waals surface area contributed by atoms with Crippen molar-refractivity contribution >= 4 is 23.2 Å². The zero-order valence-electron chi connectivity index (χ0n) is 22.3. The molecule has 0 atom stereocenters. The van der Waals surface area contributed by atoms with Crippen LogP contribution in [-0.2, 0) is 17.8 Å². The monoisotopic (exact) mass is 524 g/mol. The van der Waals surface area contributed by atoms with E-state index in [1.54, 1.807) is 55.8 Å². The van der Waals surface area contributed by atoms with Crippen LogP contribution in [0.1, 0.15) is 39.7 Å². The molecular formula is C29H36N2O5S. The third-order valence-electron chi connectivity index (χ3n) is 6.22. The van der Waals surface area contributed by atoms with Gasteiger partial charge in [0, 0.05) is 18.0 Å². The highest BCUT2D eigenvalue weighted by Gasteiger charge is 2.24. The summed E-state index contributed by atoms with van der Waals surface area (Å²) in [5.41, 5.74) is 2.65. The van der Waals surface area contributed by atoms with Crippen LogP contribution in [0.2, 0.25) is 0 Å². The van der Waals surface area contributed by atoms with Crippen LogP contribution in [0.25, 0.3) is 0 Å². The summed E-state index contributed by atoms with van der Waals surface area (Å²) in [4.78, 5) is 31.7. The molecule has 3 rings (SSSR count). The quantitative estimate of drug-likeness (QED) is 0.307. The molecular weight excluding hydrogens is 488 g/mol. The molecule has 2 aromatic carbocycles. The first-order valence-corrected chi connectivity index (χ1v) is 13.2. The van der Waals surface area contributed by atoms with Gasteiger partial charge in [-0.25, -0.2) is 0 Å². The fourth-order valence-corrected chi connectivity index (χ4v) is 5.03. The van der Waals surface area contributed by atoms with Crippen molar-refractivity contribution in [1.29, 1.82) is 0 Å². The van der Waals surface area contributed by atoms with Crippen LogP contribution in [0.3, 0.4) is 0 Å². The summed E-state index contributed by atoms with van der Waals surface area (Å²) in [6.45, 7) is 5.53. The van der Waals surface area contributed by atoms with Crippen LogP contribution >= 0.6 is 11.3 Å². The molecule has 0 aliphatic heterocycles. The van der Waals surface area contributed by atoms with E-state index in [2.05, 4.69) is 13.0 Å². The summed E-state index contributed by atoms with van der Waals surface area (Å²) in [5.74, 6) is 1.52. The topological polar surface area (TPSA) is 68.3 Å². The summed E-state index contributed by atoms with van der Waals surface area (Å²) in [6, 6.07) is 15.0. The summed E-state index contributed by atoms with van der Waals surface area (Å²) >= 11 is 1.64. The lowest BCUT2D eigenvalue weighted by atomic mass is 10.1. The highest BCUT2D eigenvalue weighted by molar-refractivity contribution is 7.10. The molecule has 2 amide bonds. The second kappa shape index (κ2) is 13.7. The zero-order chi connectivity index (χ0) is 26.8. The van der Waals surface area contributed by atoms with Crippen molar-refractivity contribution in [3.63, 3.8) is 0 Å². The van der Waals surface area contributed by atoms with Crippen LogP contribution in [0.15, 0.2) is 53.9 Å². The molecule has 0 saturated heterocycles. The molecule has 0 fully saturated rings. The largest absolute Gasteiger partial charge is 0.496 e. The number of carbonyl (C=O) groups is 2. The molecule has 0 unspecified atom stereocenters. The average Bonchev–Trinajstić information content (AvgIpc) is 3.33. The number of rotatable bonds is 13. The van der Waals surface area contributed by atoms with Crippen LogP contribution in [0.5, 0.6) is 17.2 Å². The van der Waals surface area contributed by atoms with Gasteiger partial charge in [-0.15, -0.1) is 11.3 Å². The number of thiophene rings is 1. The lowest BCUT2D eigenvalue weighted by Gasteiger charge is -2.28. The van der Waals surface area contributed by atoms with E-state index in [0.717, 1.165) is 22.4 Å². The number of ether oxygens (including phenoxy) is 3. The Hall–Kier alpha value is -3.52. The number of para-hydroxylation sites is 1. The minimum absolute atomic E-state index is 0.00107. The first kappa shape index (κ1) is 28.1. The second-order valence-corrected chi connectivity index (χ2v) is 9.71. The molecule has 7 nitrogen and oxygen atoms in total. The number of nitrogens with zero attached hydrogens (tertiary/aromatic N) is 2. The van der Waals surface area contributed by atoms with Gasteiger partial charge in [0.2, 0.25) is 5.91 Å². The van der Waals surface area contributed by atoms with Crippen molar-refractivity contribution in [2.75, 3.05) is 41.0 Å². The van der Waals surface area contributed by atoms with Crippen molar-refractivity contribution in [3.05, 3.63) is 75.5 Å². The Balaban J connectivity index is 1.81. The third kappa shape index (κ3) is 7.26. The van der Waals surface area contributed by atoms with Crippen LogP contribution in [-0.4, -0.2) is 62.6 Å². The summed E-state index contributed by atoms with van der Waals surface area (Å²) < 4.78 is 16.2. The van der Waals surface area contributed by atoms with Crippen molar-refractivity contribution in [3.8, 4) is 17.2 Å². The summed E-state index contributed by atoms with van der Waals surface area (Å²) in [5, 5.41) is 2.04. The van der Waals surface area contributed by atoms with Crippen molar-refractivity contribution < 1.29 is 23.8 Å². The molecule has 198 valence electrons. The molecule has 3 aromatic rings. The van der Waals surface area contributed by atoms with Gasteiger partial charge in [-0.2, -0.15) is 0 Å². The molecule has 0 aliphatic rings. The number of benzene rings is 2. The summed E-state index contributed by atoms with van der Waals surface area (Å²) in [6.07, 6.45) is 1.38. The van der Waals surface area contributed by atoms with Gasteiger partial charge in [0.15, 0.2) is 11.5 Å². The van der Waals surface area contributed by atoms with Crippen LogP contribution < -0.4 is 14.2 Å². The standard InChI is InChI=1S/C29H36N2O5S/c1-6-15-31(29(33)23-9-7-8-10-24(23)34-3)20-28(32)30(19-27-21(2)14-17-37-27)16-13-22-11-12-25(35-4)26(18-22)36-5/h7-12,14,17-18H,6,13,15-16,19-20H2,1-5H3. The number of amides is 2. The minimum atomic E-state index is -0.209. The van der Waals surface area contributed by atoms with E-state index in [-0.39, 0.29) is 18.4 Å². The molecule has 37 heavy (non-hydrogen) atoms. The highest BCUT2D eigenvalue weighted by Crippen LogP contribution is 2.28. The Morgan fingerprint density at radius 1 is 0.865 bits per heavy atom. The Kier molecular flexibility index (Phi) is 10.4. The predicted octanol–water partition coefficient (Wildman–Crippen LogP) is 5.21. The maximum atomic E-state index is 13.7. The molecule has 0 spiro atoms. The van der Waals surface area contributed by atoms with Crippen LogP contribution in [0.4, 0.5) is 0 Å². The normalized spacial score (nSPS) is 10.6. The fraction of sp³-hybridized carbons (Fsp3) is 0.379. The van der Waals surface area contributed by atoms with Crippen molar-refractivity contribution in [1.82, 2.24) is 9.80 Å². The van der Waals surface area contributed by atoms with E-state index in [1.165, 1.54) is 0 Å². The molecule has 0 aliphatic carbocycles. The first-order chi connectivity index (χ1) is 17.9. The van der Waals surface area contributed by atoms with E-state index < -0.39 is 0 Å². The lowest BCUT2D eigenvalue weighted by Crippen LogP contribution is -2.43. The maximum absolute atomic E-state index is 13.7. The number of hydrogen-bond donors (Lipinski definition) is 0. The van der Waals surface area contributed by atoms with Gasteiger partial charge in [0.05, 0.1) is 33.4 Å². The number of aryl methyl sites for hydroxylation is 1. The summed E-state index contributed by atoms with van der Waals surface area (Å²) in [7, 11) is 4.76. The van der Waals surface area contributed by atoms with Crippen molar-refractivity contribution in [2.45, 2.75) is 33.2 Å². The number of methoxy groups -OCH3 is 3. The Morgan fingerprint density at radius 3 is 2.24 bits per heavy atom. The number of hydrogen-bond acceptors (Lipinski definition) is 6. The van der Waals surface area contributed by atoms with Gasteiger partial charge in [-0.1, -0.05) is 25.1 Å². The molecule has 1 aromatic heterocycles. The molecule has 0 saturated carbocycles. The molecule has 0 bridgehead atoms. The fourth-order valence-electron chi connectivity index (χ4n) is 4.11. The van der Waals surface area contributed by atoms with Gasteiger partial charge in [0.1, 0.15) is 12.3 Å². The average molecular weight is 525 g/mol. The Morgan fingerprint density at radius 2 is 1.59 bits per heavy atom. The highest BCUT2D eigenvalue weighted by atomic mass is 32.1. The van der Waals surface area contributed by atoms with Gasteiger partial charge < -0.3 is 24.0 Å². The van der Waals surface area contributed by atoms with Crippen molar-refractivity contribution in [2.24, 2.45) is 0 Å². The van der Waals surface area contributed by atoms with Gasteiger partial charge in [-0.3, -0.25) is 9.59 Å². The molecule has 0 radical (unpaired) electrons. The number of carbonyl (C=O) groups excluding carboxylic acids is 2. The predicted molar refractivity (Wildman–Crippen MR) is 147 cm³/mol. The van der Waals surface area contributed by atoms with E-state index in [9.17, 15) is 9.59 Å². The zero-order valence-corrected chi connectivity index (χ0v) is 23.1. The van der Waals surface area contributed by atoms with Gasteiger partial charge >= 0.3 is 0 Å². The third-order valence-corrected chi connectivity index (χ3v) is 7.23. The van der Waals surface area contributed by atoms with Gasteiger partial charge in [0.25, 0.3) is 5.91 Å². The Labute approximate surface area is 223 Å². The molecule has 1 heterocycles. The van der Waals surface area contributed by atoms with Gasteiger partial charge in [-0.05, 0) is 66.6 Å². The Bertz CT molecular complexity index is 1190. The maximum Gasteiger partial charge on any atom is 0.258 e. The van der Waals surface area contributed by atoms with E-state index >= 15 is 0 Å². The molecule has 8 heteroatoms. The molecule has 0 N–H and O–H groups in total.